The number of hydrogen-bond acceptors (Lipinski definition) is 2. The molecule has 2 aromatic carbocycles. The number of carbonyl (C=O) groups excluding carboxylic acids is 1. The second kappa shape index (κ2) is 7.08. The molecule has 1 N–H and O–H groups in total. The Labute approximate surface area is 144 Å². The molecule has 1 amide bonds. The number of carbonyl (C=O) groups is 1. The Kier molecular flexibility index (Phi) is 4.89. The number of amides is 1. The van der Waals surface area contributed by atoms with Crippen molar-refractivity contribution in [1.82, 2.24) is 5.32 Å². The predicted molar refractivity (Wildman–Crippen MR) is 96.3 cm³/mol. The summed E-state index contributed by atoms with van der Waals surface area (Å²) in [7, 11) is 0. The molecule has 0 saturated carbocycles. The van der Waals surface area contributed by atoms with Gasteiger partial charge in [-0.1, -0.05) is 30.3 Å². The molecule has 0 spiro atoms. The van der Waals surface area contributed by atoms with Crippen molar-refractivity contribution in [2.24, 2.45) is 0 Å². The van der Waals surface area contributed by atoms with Crippen LogP contribution in [-0.4, -0.2) is 12.0 Å². The van der Waals surface area contributed by atoms with Crippen molar-refractivity contribution in [3.05, 3.63) is 64.7 Å². The first-order valence-corrected chi connectivity index (χ1v) is 8.66. The first-order chi connectivity index (χ1) is 11.5. The molecule has 0 heterocycles. The lowest BCUT2D eigenvalue weighted by molar-refractivity contribution is -0.128. The highest BCUT2D eigenvalue weighted by Crippen LogP contribution is 2.29. The molecule has 0 aliphatic heterocycles. The van der Waals surface area contributed by atoms with Gasteiger partial charge in [0.05, 0.1) is 6.04 Å². The van der Waals surface area contributed by atoms with Crippen molar-refractivity contribution in [2.45, 2.75) is 52.2 Å². The number of aryl methyl sites for hydroxylation is 3. The quantitative estimate of drug-likeness (QED) is 0.913. The smallest absolute Gasteiger partial charge is 0.261 e. The summed E-state index contributed by atoms with van der Waals surface area (Å²) in [5.74, 6) is 0.690. The largest absolute Gasteiger partial charge is 0.481 e. The maximum Gasteiger partial charge on any atom is 0.261 e. The Morgan fingerprint density at radius 3 is 2.62 bits per heavy atom. The van der Waals surface area contributed by atoms with Crippen LogP contribution in [0.2, 0.25) is 0 Å². The highest BCUT2D eigenvalue weighted by molar-refractivity contribution is 5.81. The third-order valence-corrected chi connectivity index (χ3v) is 4.56. The van der Waals surface area contributed by atoms with Gasteiger partial charge in [-0.3, -0.25) is 4.79 Å². The summed E-state index contributed by atoms with van der Waals surface area (Å²) < 4.78 is 5.86. The third kappa shape index (κ3) is 3.78. The van der Waals surface area contributed by atoms with Gasteiger partial charge in [-0.25, -0.2) is 0 Å². The Morgan fingerprint density at radius 2 is 1.88 bits per heavy atom. The van der Waals surface area contributed by atoms with Gasteiger partial charge in [0.15, 0.2) is 6.10 Å². The number of ether oxygens (including phenoxy) is 1. The molecule has 3 rings (SSSR count). The fourth-order valence-corrected chi connectivity index (χ4v) is 3.45. The van der Waals surface area contributed by atoms with E-state index in [1.165, 1.54) is 11.1 Å². The molecular weight excluding hydrogens is 298 g/mol. The van der Waals surface area contributed by atoms with Gasteiger partial charge in [-0.2, -0.15) is 0 Å². The van der Waals surface area contributed by atoms with E-state index in [9.17, 15) is 4.79 Å². The number of rotatable bonds is 4. The zero-order valence-corrected chi connectivity index (χ0v) is 14.6. The van der Waals surface area contributed by atoms with E-state index in [0.717, 1.165) is 36.1 Å². The van der Waals surface area contributed by atoms with E-state index in [2.05, 4.69) is 29.6 Å². The first-order valence-electron chi connectivity index (χ1n) is 8.66. The molecule has 2 aromatic rings. The predicted octanol–water partition coefficient (Wildman–Crippen LogP) is 4.26. The molecule has 0 saturated heterocycles. The van der Waals surface area contributed by atoms with Crippen LogP contribution in [0, 0.1) is 13.8 Å². The van der Waals surface area contributed by atoms with E-state index >= 15 is 0 Å². The van der Waals surface area contributed by atoms with Crippen LogP contribution in [0.5, 0.6) is 5.75 Å². The normalized spacial score (nSPS) is 17.7. The van der Waals surface area contributed by atoms with Gasteiger partial charge >= 0.3 is 0 Å². The maximum atomic E-state index is 12.6. The molecular formula is C21H25NO2. The fraction of sp³-hybridized carbons (Fsp3) is 0.381. The second-order valence-electron chi connectivity index (χ2n) is 6.74. The lowest BCUT2D eigenvalue weighted by Crippen LogP contribution is -2.39. The number of benzene rings is 2. The Morgan fingerprint density at radius 1 is 1.17 bits per heavy atom. The van der Waals surface area contributed by atoms with Crippen LogP contribution < -0.4 is 10.1 Å². The Hall–Kier alpha value is -2.29. The second-order valence-corrected chi connectivity index (χ2v) is 6.74. The van der Waals surface area contributed by atoms with E-state index in [-0.39, 0.29) is 11.9 Å². The van der Waals surface area contributed by atoms with E-state index in [4.69, 9.17) is 4.74 Å². The zero-order valence-electron chi connectivity index (χ0n) is 14.6. The SMILES string of the molecule is Cc1cc(C)cc(O[C@@H](C)C(=O)N[C@@H]2CCCc3ccccc32)c1. The molecule has 0 aromatic heterocycles. The molecule has 0 unspecified atom stereocenters. The Bertz CT molecular complexity index is 718. The molecule has 3 nitrogen and oxygen atoms in total. The van der Waals surface area contributed by atoms with Crippen LogP contribution in [0.4, 0.5) is 0 Å². The summed E-state index contributed by atoms with van der Waals surface area (Å²) in [5, 5.41) is 3.16. The monoisotopic (exact) mass is 323 g/mol. The van der Waals surface area contributed by atoms with Crippen molar-refractivity contribution in [3.8, 4) is 5.75 Å². The molecule has 3 heteroatoms. The zero-order chi connectivity index (χ0) is 17.1. The summed E-state index contributed by atoms with van der Waals surface area (Å²) in [6, 6.07) is 14.5. The summed E-state index contributed by atoms with van der Waals surface area (Å²) in [5.41, 5.74) is 4.87. The molecule has 0 fully saturated rings. The van der Waals surface area contributed by atoms with Crippen molar-refractivity contribution in [2.75, 3.05) is 0 Å². The van der Waals surface area contributed by atoms with Gasteiger partial charge < -0.3 is 10.1 Å². The van der Waals surface area contributed by atoms with Crippen molar-refractivity contribution in [1.29, 1.82) is 0 Å². The highest BCUT2D eigenvalue weighted by Gasteiger charge is 2.24. The van der Waals surface area contributed by atoms with Crippen LogP contribution in [0.15, 0.2) is 42.5 Å². The van der Waals surface area contributed by atoms with E-state index in [1.807, 2.05) is 39.0 Å². The van der Waals surface area contributed by atoms with Crippen LogP contribution >= 0.6 is 0 Å². The molecule has 24 heavy (non-hydrogen) atoms. The number of fused-ring (bicyclic) bond motifs is 1. The van der Waals surface area contributed by atoms with Crippen LogP contribution in [0.3, 0.4) is 0 Å². The van der Waals surface area contributed by atoms with Crippen LogP contribution in [0.1, 0.15) is 48.1 Å². The van der Waals surface area contributed by atoms with Crippen LogP contribution in [-0.2, 0) is 11.2 Å². The van der Waals surface area contributed by atoms with Gasteiger partial charge in [-0.15, -0.1) is 0 Å². The standard InChI is InChI=1S/C21H25NO2/c1-14-11-15(2)13-18(12-14)24-16(3)21(23)22-20-10-6-8-17-7-4-5-9-19(17)20/h4-5,7,9,11-13,16,20H,6,8,10H2,1-3H3,(H,22,23)/t16-,20+/m0/s1. The van der Waals surface area contributed by atoms with E-state index in [0.29, 0.717) is 0 Å². The minimum atomic E-state index is -0.514. The highest BCUT2D eigenvalue weighted by atomic mass is 16.5. The summed E-state index contributed by atoms with van der Waals surface area (Å²) in [4.78, 5) is 12.6. The molecule has 126 valence electrons. The summed E-state index contributed by atoms with van der Waals surface area (Å²) in [6.45, 7) is 5.87. The van der Waals surface area contributed by atoms with Crippen LogP contribution in [0.25, 0.3) is 0 Å². The minimum Gasteiger partial charge on any atom is -0.481 e. The molecule has 2 atom stereocenters. The van der Waals surface area contributed by atoms with Gasteiger partial charge in [-0.05, 0) is 74.4 Å². The van der Waals surface area contributed by atoms with Gasteiger partial charge in [0.25, 0.3) is 5.91 Å². The Balaban J connectivity index is 1.67. The topological polar surface area (TPSA) is 38.3 Å². The average Bonchev–Trinajstić information content (AvgIpc) is 2.54. The van der Waals surface area contributed by atoms with Gasteiger partial charge in [0, 0.05) is 0 Å². The molecule has 0 radical (unpaired) electrons. The number of hydrogen-bond donors (Lipinski definition) is 1. The average molecular weight is 323 g/mol. The number of nitrogens with one attached hydrogen (secondary N) is 1. The lowest BCUT2D eigenvalue weighted by atomic mass is 9.87. The van der Waals surface area contributed by atoms with Crippen molar-refractivity contribution in [3.63, 3.8) is 0 Å². The molecule has 1 aliphatic carbocycles. The minimum absolute atomic E-state index is 0.0594. The maximum absolute atomic E-state index is 12.6. The third-order valence-electron chi connectivity index (χ3n) is 4.56. The molecule has 1 aliphatic rings. The van der Waals surface area contributed by atoms with E-state index < -0.39 is 6.10 Å². The van der Waals surface area contributed by atoms with E-state index in [1.54, 1.807) is 0 Å². The molecule has 0 bridgehead atoms. The summed E-state index contributed by atoms with van der Waals surface area (Å²) >= 11 is 0. The van der Waals surface area contributed by atoms with Gasteiger partial charge in [0.2, 0.25) is 0 Å². The van der Waals surface area contributed by atoms with Gasteiger partial charge in [0.1, 0.15) is 5.75 Å². The van der Waals surface area contributed by atoms with Crippen molar-refractivity contribution >= 4 is 5.91 Å². The van der Waals surface area contributed by atoms with Crippen molar-refractivity contribution < 1.29 is 9.53 Å². The first kappa shape index (κ1) is 16.6. The summed E-state index contributed by atoms with van der Waals surface area (Å²) in [6.07, 6.45) is 2.67. The fourth-order valence-electron chi connectivity index (χ4n) is 3.45. The lowest BCUT2D eigenvalue weighted by Gasteiger charge is -2.27.